The summed E-state index contributed by atoms with van der Waals surface area (Å²) in [6, 6.07) is 7.75. The smallest absolute Gasteiger partial charge is 0.159 e. The largest absolute Gasteiger partial charge is 0.295 e. The molecule has 0 aromatic heterocycles. The van der Waals surface area contributed by atoms with E-state index in [-0.39, 0.29) is 5.78 Å². The molecule has 2 heteroatoms. The average Bonchev–Trinajstić information content (AvgIpc) is 2.06. The Morgan fingerprint density at radius 2 is 1.92 bits per heavy atom. The van der Waals surface area contributed by atoms with E-state index >= 15 is 0 Å². The average molecular weight is 227 g/mol. The summed E-state index contributed by atoms with van der Waals surface area (Å²) in [5, 5.41) is 0.965. The Balaban J connectivity index is 2.78. The highest BCUT2D eigenvalue weighted by Gasteiger charge is 1.97. The zero-order chi connectivity index (χ0) is 8.97. The van der Waals surface area contributed by atoms with E-state index < -0.39 is 0 Å². The molecule has 0 radical (unpaired) electrons. The minimum Gasteiger partial charge on any atom is -0.295 e. The van der Waals surface area contributed by atoms with Gasteiger partial charge in [0, 0.05) is 10.9 Å². The Bertz CT molecular complexity index is 264. The summed E-state index contributed by atoms with van der Waals surface area (Å²) in [4.78, 5) is 10.9. The number of hydrogen-bond acceptors (Lipinski definition) is 1. The number of halogens is 1. The molecule has 1 rings (SSSR count). The van der Waals surface area contributed by atoms with Gasteiger partial charge in [0.15, 0.2) is 5.78 Å². The molecule has 0 atom stereocenters. The molecule has 64 valence electrons. The normalized spacial score (nSPS) is 9.83. The molecular formula is C10H11BrO. The van der Waals surface area contributed by atoms with Gasteiger partial charge in [0.05, 0.1) is 0 Å². The molecule has 0 saturated heterocycles. The highest BCUT2D eigenvalue weighted by Crippen LogP contribution is 2.06. The van der Waals surface area contributed by atoms with Crippen LogP contribution in [0.25, 0.3) is 0 Å². The first-order chi connectivity index (χ1) is 5.74. The van der Waals surface area contributed by atoms with E-state index in [4.69, 9.17) is 0 Å². The molecule has 1 aromatic carbocycles. The standard InChI is InChI=1S/C10H11BrO/c1-8(12)10-4-2-9(3-5-10)6-7-11/h2-5H,6-7H2,1H3. The first kappa shape index (κ1) is 9.46. The van der Waals surface area contributed by atoms with Gasteiger partial charge in [-0.1, -0.05) is 40.2 Å². The van der Waals surface area contributed by atoms with Crippen molar-refractivity contribution in [3.05, 3.63) is 35.4 Å². The predicted molar refractivity (Wildman–Crippen MR) is 53.9 cm³/mol. The van der Waals surface area contributed by atoms with Crippen LogP contribution in [0.2, 0.25) is 0 Å². The lowest BCUT2D eigenvalue weighted by molar-refractivity contribution is 0.101. The van der Waals surface area contributed by atoms with Gasteiger partial charge >= 0.3 is 0 Å². The molecule has 0 bridgehead atoms. The lowest BCUT2D eigenvalue weighted by Crippen LogP contribution is -1.92. The number of rotatable bonds is 3. The van der Waals surface area contributed by atoms with Gasteiger partial charge in [-0.3, -0.25) is 4.79 Å². The second-order valence-electron chi connectivity index (χ2n) is 2.69. The Morgan fingerprint density at radius 1 is 1.33 bits per heavy atom. The monoisotopic (exact) mass is 226 g/mol. The van der Waals surface area contributed by atoms with Gasteiger partial charge in [-0.05, 0) is 18.9 Å². The lowest BCUT2D eigenvalue weighted by atomic mass is 10.1. The maximum absolute atomic E-state index is 10.9. The van der Waals surface area contributed by atoms with Crippen LogP contribution in [-0.4, -0.2) is 11.1 Å². The van der Waals surface area contributed by atoms with Gasteiger partial charge in [-0.15, -0.1) is 0 Å². The van der Waals surface area contributed by atoms with Crippen molar-refractivity contribution in [2.45, 2.75) is 13.3 Å². The Hall–Kier alpha value is -0.630. The van der Waals surface area contributed by atoms with Crippen LogP contribution in [0.15, 0.2) is 24.3 Å². The molecule has 0 aliphatic heterocycles. The zero-order valence-corrected chi connectivity index (χ0v) is 8.60. The van der Waals surface area contributed by atoms with Crippen LogP contribution in [0, 0.1) is 0 Å². The molecule has 0 amide bonds. The Kier molecular flexibility index (Phi) is 3.48. The molecule has 0 saturated carbocycles. The van der Waals surface area contributed by atoms with Crippen molar-refractivity contribution in [1.29, 1.82) is 0 Å². The fourth-order valence-electron chi connectivity index (χ4n) is 1.02. The molecule has 0 N–H and O–H groups in total. The molecular weight excluding hydrogens is 216 g/mol. The van der Waals surface area contributed by atoms with Gasteiger partial charge in [-0.25, -0.2) is 0 Å². The van der Waals surface area contributed by atoms with Crippen LogP contribution >= 0.6 is 15.9 Å². The number of Topliss-reactive ketones (excluding diaryl/α,β-unsaturated/α-hetero) is 1. The number of hydrogen-bond donors (Lipinski definition) is 0. The molecule has 1 aromatic rings. The fraction of sp³-hybridized carbons (Fsp3) is 0.300. The molecule has 0 aliphatic rings. The van der Waals surface area contributed by atoms with Crippen molar-refractivity contribution in [3.63, 3.8) is 0 Å². The molecule has 0 unspecified atom stereocenters. The summed E-state index contributed by atoms with van der Waals surface area (Å²) in [6.45, 7) is 1.58. The van der Waals surface area contributed by atoms with Crippen LogP contribution in [0.5, 0.6) is 0 Å². The molecule has 1 nitrogen and oxygen atoms in total. The van der Waals surface area contributed by atoms with Crippen LogP contribution < -0.4 is 0 Å². The second-order valence-corrected chi connectivity index (χ2v) is 3.49. The number of carbonyl (C=O) groups is 1. The van der Waals surface area contributed by atoms with Crippen molar-refractivity contribution >= 4 is 21.7 Å². The van der Waals surface area contributed by atoms with Gasteiger partial charge in [0.25, 0.3) is 0 Å². The van der Waals surface area contributed by atoms with Crippen LogP contribution in [0.4, 0.5) is 0 Å². The maximum atomic E-state index is 10.9. The molecule has 0 heterocycles. The Morgan fingerprint density at radius 3 is 2.33 bits per heavy atom. The highest BCUT2D eigenvalue weighted by molar-refractivity contribution is 9.09. The van der Waals surface area contributed by atoms with Crippen LogP contribution in [0.3, 0.4) is 0 Å². The summed E-state index contributed by atoms with van der Waals surface area (Å²) in [5.41, 5.74) is 2.05. The van der Waals surface area contributed by atoms with Crippen molar-refractivity contribution < 1.29 is 4.79 Å². The van der Waals surface area contributed by atoms with Crippen LogP contribution in [-0.2, 0) is 6.42 Å². The highest BCUT2D eigenvalue weighted by atomic mass is 79.9. The van der Waals surface area contributed by atoms with E-state index in [0.29, 0.717) is 0 Å². The number of ketones is 1. The third kappa shape index (κ3) is 2.45. The van der Waals surface area contributed by atoms with E-state index in [0.717, 1.165) is 17.3 Å². The molecule has 0 fully saturated rings. The van der Waals surface area contributed by atoms with E-state index in [1.165, 1.54) is 5.56 Å². The molecule has 12 heavy (non-hydrogen) atoms. The minimum atomic E-state index is 0.125. The first-order valence-corrected chi connectivity index (χ1v) is 5.02. The van der Waals surface area contributed by atoms with E-state index in [9.17, 15) is 4.79 Å². The third-order valence-corrected chi connectivity index (χ3v) is 2.14. The topological polar surface area (TPSA) is 17.1 Å². The lowest BCUT2D eigenvalue weighted by Gasteiger charge is -1.98. The quantitative estimate of drug-likeness (QED) is 0.573. The SMILES string of the molecule is CC(=O)c1ccc(CCBr)cc1. The Labute approximate surface area is 80.9 Å². The first-order valence-electron chi connectivity index (χ1n) is 3.90. The number of aryl methyl sites for hydroxylation is 1. The van der Waals surface area contributed by atoms with Crippen molar-refractivity contribution in [1.82, 2.24) is 0 Å². The maximum Gasteiger partial charge on any atom is 0.159 e. The minimum absolute atomic E-state index is 0.125. The van der Waals surface area contributed by atoms with Gasteiger partial charge in [0.2, 0.25) is 0 Å². The van der Waals surface area contributed by atoms with Gasteiger partial charge in [0.1, 0.15) is 0 Å². The predicted octanol–water partition coefficient (Wildman–Crippen LogP) is 2.83. The van der Waals surface area contributed by atoms with Crippen molar-refractivity contribution in [3.8, 4) is 0 Å². The summed E-state index contributed by atoms with van der Waals surface area (Å²) < 4.78 is 0. The fourth-order valence-corrected chi connectivity index (χ4v) is 1.47. The van der Waals surface area contributed by atoms with E-state index in [2.05, 4.69) is 15.9 Å². The number of alkyl halides is 1. The summed E-state index contributed by atoms with van der Waals surface area (Å²) in [5.74, 6) is 0.125. The third-order valence-electron chi connectivity index (χ3n) is 1.74. The van der Waals surface area contributed by atoms with Crippen molar-refractivity contribution in [2.75, 3.05) is 5.33 Å². The van der Waals surface area contributed by atoms with E-state index in [1.807, 2.05) is 24.3 Å². The van der Waals surface area contributed by atoms with Crippen LogP contribution in [0.1, 0.15) is 22.8 Å². The van der Waals surface area contributed by atoms with Crippen molar-refractivity contribution in [2.24, 2.45) is 0 Å². The number of benzene rings is 1. The summed E-state index contributed by atoms with van der Waals surface area (Å²) in [7, 11) is 0. The van der Waals surface area contributed by atoms with Gasteiger partial charge < -0.3 is 0 Å². The van der Waals surface area contributed by atoms with E-state index in [1.54, 1.807) is 6.92 Å². The molecule has 0 spiro atoms. The second kappa shape index (κ2) is 4.41. The molecule has 0 aliphatic carbocycles. The summed E-state index contributed by atoms with van der Waals surface area (Å²) in [6.07, 6.45) is 1.01. The van der Waals surface area contributed by atoms with Gasteiger partial charge in [-0.2, -0.15) is 0 Å². The summed E-state index contributed by atoms with van der Waals surface area (Å²) >= 11 is 3.37. The zero-order valence-electron chi connectivity index (χ0n) is 7.01. The number of carbonyl (C=O) groups excluding carboxylic acids is 1.